The fourth-order valence-corrected chi connectivity index (χ4v) is 2.45. The van der Waals surface area contributed by atoms with Gasteiger partial charge < -0.3 is 24.7 Å². The van der Waals surface area contributed by atoms with Crippen molar-refractivity contribution in [3.63, 3.8) is 0 Å². The third-order valence-electron chi connectivity index (χ3n) is 3.81. The molecule has 0 fully saturated rings. The Morgan fingerprint density at radius 1 is 1.12 bits per heavy atom. The molecule has 2 rings (SSSR count). The van der Waals surface area contributed by atoms with Gasteiger partial charge in [-0.05, 0) is 23.6 Å². The van der Waals surface area contributed by atoms with Crippen LogP contribution in [0, 0.1) is 0 Å². The molecule has 0 bridgehead atoms. The normalized spacial score (nSPS) is 10.5. The van der Waals surface area contributed by atoms with Crippen LogP contribution < -0.4 is 10.6 Å². The number of anilines is 1. The van der Waals surface area contributed by atoms with E-state index in [2.05, 4.69) is 15.4 Å². The number of hydrogen-bond acceptors (Lipinski definition) is 5. The molecule has 2 aromatic rings. The van der Waals surface area contributed by atoms with Gasteiger partial charge in [-0.1, -0.05) is 6.07 Å². The molecule has 0 aliphatic rings. The molecule has 8 nitrogen and oxygen atoms in total. The topological polar surface area (TPSA) is 98.7 Å². The number of aromatic nitrogens is 1. The molecule has 2 amide bonds. The van der Waals surface area contributed by atoms with E-state index in [-0.39, 0.29) is 31.2 Å². The number of esters is 1. The lowest BCUT2D eigenvalue weighted by Gasteiger charge is -2.09. The number of ketones is 1. The standard InChI is InChI=1S/C18H23N3O5/c1-25-10-8-19-18(24)20-14-4-3-13-7-9-21(16(13)11-14)12-15(22)5-6-17(23)26-2/h3-4,7,9,11H,5-6,8,10,12H2,1-2H3,(H2,19,20,24). The van der Waals surface area contributed by atoms with Crippen molar-refractivity contribution in [2.75, 3.05) is 32.7 Å². The fraction of sp³-hybridized carbons (Fsp3) is 0.389. The minimum Gasteiger partial charge on any atom is -0.469 e. The third kappa shape index (κ3) is 5.59. The molecule has 0 radical (unpaired) electrons. The van der Waals surface area contributed by atoms with E-state index >= 15 is 0 Å². The van der Waals surface area contributed by atoms with Crippen LogP contribution >= 0.6 is 0 Å². The highest BCUT2D eigenvalue weighted by Gasteiger charge is 2.10. The second-order valence-electron chi connectivity index (χ2n) is 5.71. The number of amides is 2. The lowest BCUT2D eigenvalue weighted by molar-refractivity contribution is -0.142. The Bertz CT molecular complexity index is 784. The van der Waals surface area contributed by atoms with Crippen molar-refractivity contribution in [2.45, 2.75) is 19.4 Å². The lowest BCUT2D eigenvalue weighted by Crippen LogP contribution is -2.31. The highest BCUT2D eigenvalue weighted by molar-refractivity contribution is 5.93. The minimum absolute atomic E-state index is 0.0661. The summed E-state index contributed by atoms with van der Waals surface area (Å²) in [6.45, 7) is 1.00. The largest absolute Gasteiger partial charge is 0.469 e. The van der Waals surface area contributed by atoms with Gasteiger partial charge in [0, 0.05) is 32.0 Å². The second kappa shape index (κ2) is 9.57. The first kappa shape index (κ1) is 19.5. The van der Waals surface area contributed by atoms with E-state index < -0.39 is 5.97 Å². The van der Waals surface area contributed by atoms with Crippen LogP contribution in [0.25, 0.3) is 10.9 Å². The molecule has 26 heavy (non-hydrogen) atoms. The van der Waals surface area contributed by atoms with Crippen molar-refractivity contribution in [1.29, 1.82) is 0 Å². The molecule has 1 aromatic carbocycles. The predicted molar refractivity (Wildman–Crippen MR) is 97.1 cm³/mol. The van der Waals surface area contributed by atoms with Gasteiger partial charge in [0.05, 0.1) is 32.2 Å². The van der Waals surface area contributed by atoms with Gasteiger partial charge in [-0.15, -0.1) is 0 Å². The summed E-state index contributed by atoms with van der Waals surface area (Å²) in [5.41, 5.74) is 1.44. The molecular formula is C18H23N3O5. The van der Waals surface area contributed by atoms with E-state index in [1.54, 1.807) is 23.8 Å². The molecule has 1 aromatic heterocycles. The van der Waals surface area contributed by atoms with Gasteiger partial charge in [-0.3, -0.25) is 9.59 Å². The number of fused-ring (bicyclic) bond motifs is 1. The average molecular weight is 361 g/mol. The van der Waals surface area contributed by atoms with Crippen LogP contribution in [-0.4, -0.2) is 49.7 Å². The summed E-state index contributed by atoms with van der Waals surface area (Å²) in [7, 11) is 2.86. The first-order valence-electron chi connectivity index (χ1n) is 8.24. The molecular weight excluding hydrogens is 338 g/mol. The molecule has 0 saturated carbocycles. The van der Waals surface area contributed by atoms with Gasteiger partial charge in [0.25, 0.3) is 0 Å². The molecule has 0 aliphatic carbocycles. The van der Waals surface area contributed by atoms with Gasteiger partial charge in [0.15, 0.2) is 5.78 Å². The Morgan fingerprint density at radius 2 is 1.92 bits per heavy atom. The van der Waals surface area contributed by atoms with Crippen molar-refractivity contribution in [2.24, 2.45) is 0 Å². The first-order chi connectivity index (χ1) is 12.5. The number of carbonyl (C=O) groups excluding carboxylic acids is 3. The van der Waals surface area contributed by atoms with Crippen LogP contribution in [0.1, 0.15) is 12.8 Å². The summed E-state index contributed by atoms with van der Waals surface area (Å²) in [4.78, 5) is 35.0. The number of benzene rings is 1. The maximum absolute atomic E-state index is 12.1. The Balaban J connectivity index is 2.01. The quantitative estimate of drug-likeness (QED) is 0.525. The number of ether oxygens (including phenoxy) is 2. The van der Waals surface area contributed by atoms with Gasteiger partial charge in [-0.2, -0.15) is 0 Å². The second-order valence-corrected chi connectivity index (χ2v) is 5.71. The summed E-state index contributed by atoms with van der Waals surface area (Å²) in [5, 5.41) is 6.37. The molecule has 0 unspecified atom stereocenters. The van der Waals surface area contributed by atoms with E-state index in [4.69, 9.17) is 4.74 Å². The highest BCUT2D eigenvalue weighted by Crippen LogP contribution is 2.21. The van der Waals surface area contributed by atoms with Crippen molar-refractivity contribution < 1.29 is 23.9 Å². The summed E-state index contributed by atoms with van der Waals surface area (Å²) in [5.74, 6) is -0.467. The fourth-order valence-electron chi connectivity index (χ4n) is 2.45. The maximum atomic E-state index is 12.1. The zero-order valence-electron chi connectivity index (χ0n) is 14.9. The monoisotopic (exact) mass is 361 g/mol. The molecule has 1 heterocycles. The molecule has 0 saturated heterocycles. The predicted octanol–water partition coefficient (Wildman–Crippen LogP) is 1.93. The third-order valence-corrected chi connectivity index (χ3v) is 3.81. The number of nitrogens with zero attached hydrogens (tertiary/aromatic N) is 1. The lowest BCUT2D eigenvalue weighted by atomic mass is 10.2. The summed E-state index contributed by atoms with van der Waals surface area (Å²) in [6, 6.07) is 7.04. The number of nitrogens with one attached hydrogen (secondary N) is 2. The summed E-state index contributed by atoms with van der Waals surface area (Å²) < 4.78 is 11.2. The summed E-state index contributed by atoms with van der Waals surface area (Å²) >= 11 is 0. The van der Waals surface area contributed by atoms with E-state index in [0.29, 0.717) is 18.8 Å². The number of carbonyl (C=O) groups is 3. The molecule has 0 atom stereocenters. The van der Waals surface area contributed by atoms with Crippen molar-refractivity contribution in [1.82, 2.24) is 9.88 Å². The molecule has 8 heteroatoms. The van der Waals surface area contributed by atoms with E-state index in [1.807, 2.05) is 18.3 Å². The van der Waals surface area contributed by atoms with Crippen LogP contribution in [0.5, 0.6) is 0 Å². The summed E-state index contributed by atoms with van der Waals surface area (Å²) in [6.07, 6.45) is 2.01. The highest BCUT2D eigenvalue weighted by atomic mass is 16.5. The van der Waals surface area contributed by atoms with Crippen LogP contribution in [0.3, 0.4) is 0 Å². The molecule has 0 spiro atoms. The van der Waals surface area contributed by atoms with E-state index in [1.165, 1.54) is 7.11 Å². The van der Waals surface area contributed by atoms with Gasteiger partial charge >= 0.3 is 12.0 Å². The first-order valence-corrected chi connectivity index (χ1v) is 8.24. The molecule has 140 valence electrons. The zero-order valence-corrected chi connectivity index (χ0v) is 14.9. The van der Waals surface area contributed by atoms with E-state index in [0.717, 1.165) is 10.9 Å². The van der Waals surface area contributed by atoms with Crippen LogP contribution in [0.15, 0.2) is 30.5 Å². The molecule has 2 N–H and O–H groups in total. The van der Waals surface area contributed by atoms with Crippen LogP contribution in [-0.2, 0) is 25.6 Å². The number of methoxy groups -OCH3 is 2. The van der Waals surface area contributed by atoms with Crippen LogP contribution in [0.4, 0.5) is 10.5 Å². The van der Waals surface area contributed by atoms with Crippen molar-refractivity contribution in [3.05, 3.63) is 30.5 Å². The molecule has 0 aliphatic heterocycles. The number of Topliss-reactive ketones (excluding diaryl/α,β-unsaturated/α-hetero) is 1. The SMILES string of the molecule is COCCNC(=O)Nc1ccc2ccn(CC(=O)CCC(=O)OC)c2c1. The maximum Gasteiger partial charge on any atom is 0.319 e. The number of rotatable bonds is 9. The average Bonchev–Trinajstić information content (AvgIpc) is 3.02. The van der Waals surface area contributed by atoms with Crippen LogP contribution in [0.2, 0.25) is 0 Å². The Kier molecular flexibility index (Phi) is 7.16. The van der Waals surface area contributed by atoms with Crippen molar-refractivity contribution >= 4 is 34.4 Å². The Hall–Kier alpha value is -2.87. The Morgan fingerprint density at radius 3 is 2.65 bits per heavy atom. The van der Waals surface area contributed by atoms with Crippen molar-refractivity contribution in [3.8, 4) is 0 Å². The van der Waals surface area contributed by atoms with Gasteiger partial charge in [0.1, 0.15) is 0 Å². The smallest absolute Gasteiger partial charge is 0.319 e. The number of urea groups is 1. The van der Waals surface area contributed by atoms with Gasteiger partial charge in [0.2, 0.25) is 0 Å². The zero-order chi connectivity index (χ0) is 18.9. The Labute approximate surface area is 151 Å². The minimum atomic E-state index is -0.401. The van der Waals surface area contributed by atoms with Gasteiger partial charge in [-0.25, -0.2) is 4.79 Å². The number of hydrogen-bond donors (Lipinski definition) is 2. The van der Waals surface area contributed by atoms with E-state index in [9.17, 15) is 14.4 Å².